The number of aromatic nitrogens is 2. The second-order valence-corrected chi connectivity index (χ2v) is 5.68. The van der Waals surface area contributed by atoms with E-state index < -0.39 is 0 Å². The van der Waals surface area contributed by atoms with Gasteiger partial charge in [-0.3, -0.25) is 4.79 Å². The van der Waals surface area contributed by atoms with Gasteiger partial charge in [-0.25, -0.2) is 4.98 Å². The first-order chi connectivity index (χ1) is 11.2. The molecule has 0 amide bonds. The summed E-state index contributed by atoms with van der Waals surface area (Å²) in [5.74, 6) is 0.339. The van der Waals surface area contributed by atoms with Crippen molar-refractivity contribution >= 4 is 5.82 Å². The summed E-state index contributed by atoms with van der Waals surface area (Å²) < 4.78 is 0. The predicted molar refractivity (Wildman–Crippen MR) is 92.7 cm³/mol. The molecule has 0 radical (unpaired) electrons. The van der Waals surface area contributed by atoms with Crippen LogP contribution in [0.3, 0.4) is 0 Å². The van der Waals surface area contributed by atoms with E-state index in [0.717, 1.165) is 0 Å². The Labute approximate surface area is 135 Å². The van der Waals surface area contributed by atoms with Crippen LogP contribution in [0.4, 0.5) is 5.82 Å². The summed E-state index contributed by atoms with van der Waals surface area (Å²) in [4.78, 5) is 18.6. The van der Waals surface area contributed by atoms with E-state index in [-0.39, 0.29) is 11.0 Å². The van der Waals surface area contributed by atoms with Gasteiger partial charge < -0.3 is 10.3 Å². The molecule has 1 aromatic heterocycles. The fraction of sp³-hybridized carbons (Fsp3) is 0.158. The third kappa shape index (κ3) is 3.16. The number of nitrogens with zero attached hydrogens (tertiary/aromatic N) is 1. The summed E-state index contributed by atoms with van der Waals surface area (Å²) in [5, 5.41) is 3.20. The number of hydrogen-bond acceptors (Lipinski definition) is 3. The van der Waals surface area contributed by atoms with Crippen molar-refractivity contribution in [2.24, 2.45) is 0 Å². The summed E-state index contributed by atoms with van der Waals surface area (Å²) in [6.45, 7) is 2.74. The molecule has 0 aliphatic carbocycles. The van der Waals surface area contributed by atoms with Gasteiger partial charge >= 0.3 is 0 Å². The van der Waals surface area contributed by atoms with Crippen LogP contribution >= 0.6 is 0 Å². The monoisotopic (exact) mass is 305 g/mol. The van der Waals surface area contributed by atoms with Crippen LogP contribution in [-0.2, 0) is 5.41 Å². The highest BCUT2D eigenvalue weighted by atomic mass is 16.1. The molecule has 23 heavy (non-hydrogen) atoms. The molecule has 4 nitrogen and oxygen atoms in total. The summed E-state index contributed by atoms with van der Waals surface area (Å²) in [5.41, 5.74) is 1.89. The number of rotatable bonds is 5. The lowest BCUT2D eigenvalue weighted by atomic mass is 9.76. The van der Waals surface area contributed by atoms with Gasteiger partial charge in [0.05, 0.1) is 0 Å². The molecule has 0 aliphatic rings. The zero-order chi connectivity index (χ0) is 16.1. The van der Waals surface area contributed by atoms with Crippen molar-refractivity contribution in [3.8, 4) is 0 Å². The van der Waals surface area contributed by atoms with E-state index >= 15 is 0 Å². The third-order valence-electron chi connectivity index (χ3n) is 4.14. The normalized spacial score (nSPS) is 11.2. The number of aromatic amines is 1. The summed E-state index contributed by atoms with van der Waals surface area (Å²) in [6.07, 6.45) is 3.10. The van der Waals surface area contributed by atoms with Crippen molar-refractivity contribution < 1.29 is 0 Å². The molecule has 3 aromatic rings. The third-order valence-corrected chi connectivity index (χ3v) is 4.14. The minimum Gasteiger partial charge on any atom is -0.364 e. The Balaban J connectivity index is 1.97. The van der Waals surface area contributed by atoms with Crippen LogP contribution in [0.5, 0.6) is 0 Å². The zero-order valence-electron chi connectivity index (χ0n) is 13.0. The fourth-order valence-electron chi connectivity index (χ4n) is 2.72. The Morgan fingerprint density at radius 3 is 2.09 bits per heavy atom. The predicted octanol–water partition coefficient (Wildman–Crippen LogP) is 3.19. The molecule has 1 heterocycles. The van der Waals surface area contributed by atoms with Gasteiger partial charge in [0.25, 0.3) is 5.56 Å². The minimum atomic E-state index is -0.271. The Hall–Kier alpha value is -2.88. The summed E-state index contributed by atoms with van der Waals surface area (Å²) in [7, 11) is 0. The van der Waals surface area contributed by atoms with Crippen molar-refractivity contribution in [1.29, 1.82) is 0 Å². The Morgan fingerprint density at radius 2 is 1.57 bits per heavy atom. The Morgan fingerprint density at radius 1 is 1.00 bits per heavy atom. The highest BCUT2D eigenvalue weighted by Gasteiger charge is 2.28. The minimum absolute atomic E-state index is 0.212. The van der Waals surface area contributed by atoms with E-state index in [2.05, 4.69) is 46.5 Å². The first-order valence-corrected chi connectivity index (χ1v) is 7.59. The average Bonchev–Trinajstić information content (AvgIpc) is 2.62. The maximum absolute atomic E-state index is 11.8. The number of anilines is 1. The van der Waals surface area contributed by atoms with E-state index in [9.17, 15) is 4.79 Å². The van der Waals surface area contributed by atoms with Crippen LogP contribution in [0, 0.1) is 0 Å². The van der Waals surface area contributed by atoms with Gasteiger partial charge in [0.2, 0.25) is 0 Å². The second kappa shape index (κ2) is 6.48. The van der Waals surface area contributed by atoms with E-state index in [1.165, 1.54) is 17.3 Å². The van der Waals surface area contributed by atoms with Gasteiger partial charge in [0.1, 0.15) is 0 Å². The van der Waals surface area contributed by atoms with Crippen LogP contribution < -0.4 is 10.9 Å². The van der Waals surface area contributed by atoms with Gasteiger partial charge in [-0.1, -0.05) is 60.7 Å². The van der Waals surface area contributed by atoms with E-state index in [0.29, 0.717) is 12.4 Å². The first-order valence-electron chi connectivity index (χ1n) is 7.59. The van der Waals surface area contributed by atoms with Crippen molar-refractivity contribution in [3.05, 3.63) is 94.5 Å². The summed E-state index contributed by atoms with van der Waals surface area (Å²) in [6, 6.07) is 20.6. The van der Waals surface area contributed by atoms with Gasteiger partial charge in [-0.05, 0) is 18.1 Å². The quantitative estimate of drug-likeness (QED) is 0.761. The maximum atomic E-state index is 11.8. The maximum Gasteiger partial charge on any atom is 0.290 e. The second-order valence-electron chi connectivity index (χ2n) is 5.68. The lowest BCUT2D eigenvalue weighted by Crippen LogP contribution is -2.34. The molecule has 0 bridgehead atoms. The van der Waals surface area contributed by atoms with Crippen LogP contribution in [-0.4, -0.2) is 16.5 Å². The Kier molecular flexibility index (Phi) is 4.24. The lowest BCUT2D eigenvalue weighted by molar-refractivity contribution is 0.602. The molecular formula is C19H19N3O. The molecule has 2 N–H and O–H groups in total. The molecule has 0 spiro atoms. The number of H-pyrrole nitrogens is 1. The highest BCUT2D eigenvalue weighted by molar-refractivity contribution is 5.42. The van der Waals surface area contributed by atoms with Crippen LogP contribution in [0.1, 0.15) is 18.1 Å². The standard InChI is InChI=1S/C19H19N3O/c1-19(15-8-4-2-5-9-15,16-10-6-3-7-11-16)14-22-17-18(23)21-13-12-20-17/h2-13H,14H2,1H3,(H,20,22)(H,21,23). The van der Waals surface area contributed by atoms with E-state index in [1.54, 1.807) is 6.20 Å². The Bertz CT molecular complexity index is 773. The average molecular weight is 305 g/mol. The molecule has 0 unspecified atom stereocenters. The molecule has 0 atom stereocenters. The van der Waals surface area contributed by atoms with E-state index in [1.807, 2.05) is 36.4 Å². The highest BCUT2D eigenvalue weighted by Crippen LogP contribution is 2.31. The summed E-state index contributed by atoms with van der Waals surface area (Å²) >= 11 is 0. The van der Waals surface area contributed by atoms with Crippen molar-refractivity contribution in [2.75, 3.05) is 11.9 Å². The van der Waals surface area contributed by atoms with Gasteiger partial charge in [-0.15, -0.1) is 0 Å². The molecule has 3 rings (SSSR count). The molecule has 4 heteroatoms. The number of benzene rings is 2. The topological polar surface area (TPSA) is 57.8 Å². The first kappa shape index (κ1) is 15.0. The lowest BCUT2D eigenvalue weighted by Gasteiger charge is -2.31. The fourth-order valence-corrected chi connectivity index (χ4v) is 2.72. The van der Waals surface area contributed by atoms with Crippen LogP contribution in [0.25, 0.3) is 0 Å². The molecule has 0 saturated heterocycles. The molecule has 116 valence electrons. The SMILES string of the molecule is CC(CNc1ncc[nH]c1=O)(c1ccccc1)c1ccccc1. The largest absolute Gasteiger partial charge is 0.364 e. The van der Waals surface area contributed by atoms with Crippen LogP contribution in [0.15, 0.2) is 77.9 Å². The van der Waals surface area contributed by atoms with Crippen molar-refractivity contribution in [1.82, 2.24) is 9.97 Å². The molecule has 2 aromatic carbocycles. The van der Waals surface area contributed by atoms with Gasteiger partial charge in [0, 0.05) is 24.4 Å². The van der Waals surface area contributed by atoms with Gasteiger partial charge in [0.15, 0.2) is 5.82 Å². The number of nitrogens with one attached hydrogen (secondary N) is 2. The van der Waals surface area contributed by atoms with Crippen molar-refractivity contribution in [2.45, 2.75) is 12.3 Å². The van der Waals surface area contributed by atoms with Gasteiger partial charge in [-0.2, -0.15) is 0 Å². The molecule has 0 aliphatic heterocycles. The zero-order valence-corrected chi connectivity index (χ0v) is 13.0. The van der Waals surface area contributed by atoms with Crippen LogP contribution in [0.2, 0.25) is 0 Å². The molecule has 0 fully saturated rings. The van der Waals surface area contributed by atoms with E-state index in [4.69, 9.17) is 0 Å². The number of hydrogen-bond donors (Lipinski definition) is 2. The molecule has 0 saturated carbocycles. The molecular weight excluding hydrogens is 286 g/mol. The van der Waals surface area contributed by atoms with Crippen molar-refractivity contribution in [3.63, 3.8) is 0 Å². The smallest absolute Gasteiger partial charge is 0.290 e.